The quantitative estimate of drug-likeness (QED) is 0.710. The summed E-state index contributed by atoms with van der Waals surface area (Å²) in [4.78, 5) is 7.06. The van der Waals surface area contributed by atoms with Gasteiger partial charge in [-0.25, -0.2) is 4.39 Å². The molecule has 112 valence electrons. The molecule has 0 fully saturated rings. The summed E-state index contributed by atoms with van der Waals surface area (Å²) < 4.78 is 18.5. The van der Waals surface area contributed by atoms with Gasteiger partial charge in [0.05, 0.1) is 23.4 Å². The predicted octanol–water partition coefficient (Wildman–Crippen LogP) is 4.16. The Balaban J connectivity index is 1.90. The Morgan fingerprint density at radius 1 is 1.23 bits per heavy atom. The van der Waals surface area contributed by atoms with Gasteiger partial charge in [0.1, 0.15) is 11.6 Å². The van der Waals surface area contributed by atoms with Gasteiger partial charge in [0, 0.05) is 11.6 Å². The fourth-order valence-electron chi connectivity index (χ4n) is 2.24. The minimum atomic E-state index is -0.358. The van der Waals surface area contributed by atoms with Crippen molar-refractivity contribution in [2.24, 2.45) is 4.99 Å². The number of aliphatic imine (C=N–C) groups is 1. The Morgan fingerprint density at radius 3 is 2.73 bits per heavy atom. The van der Waals surface area contributed by atoms with Gasteiger partial charge >= 0.3 is 0 Å². The third-order valence-electron chi connectivity index (χ3n) is 3.27. The molecule has 0 aliphatic heterocycles. The van der Waals surface area contributed by atoms with E-state index in [0.717, 1.165) is 11.4 Å². The zero-order valence-corrected chi connectivity index (χ0v) is 12.0. The second kappa shape index (κ2) is 5.89. The van der Waals surface area contributed by atoms with E-state index < -0.39 is 0 Å². The molecule has 2 N–H and O–H groups in total. The van der Waals surface area contributed by atoms with Crippen LogP contribution in [0.2, 0.25) is 0 Å². The van der Waals surface area contributed by atoms with Gasteiger partial charge < -0.3 is 14.8 Å². The fourth-order valence-corrected chi connectivity index (χ4v) is 2.24. The first-order valence-corrected chi connectivity index (χ1v) is 6.94. The number of fused-ring (bicyclic) bond motifs is 1. The molecule has 0 saturated heterocycles. The lowest BCUT2D eigenvalue weighted by Crippen LogP contribution is -1.89. The first-order valence-electron chi connectivity index (χ1n) is 6.94. The Labute approximate surface area is 126 Å². The van der Waals surface area contributed by atoms with Crippen LogP contribution in [0.5, 0.6) is 11.6 Å². The van der Waals surface area contributed by atoms with E-state index in [4.69, 9.17) is 4.74 Å². The van der Waals surface area contributed by atoms with Crippen molar-refractivity contribution < 1.29 is 14.2 Å². The van der Waals surface area contributed by atoms with E-state index in [0.29, 0.717) is 23.1 Å². The Kier molecular flexibility index (Phi) is 3.78. The van der Waals surface area contributed by atoms with E-state index in [1.54, 1.807) is 12.3 Å². The van der Waals surface area contributed by atoms with Crippen LogP contribution in [0.3, 0.4) is 0 Å². The molecule has 3 rings (SSSR count). The summed E-state index contributed by atoms with van der Waals surface area (Å²) in [7, 11) is 0. The van der Waals surface area contributed by atoms with Crippen molar-refractivity contribution in [1.29, 1.82) is 0 Å². The third kappa shape index (κ3) is 2.79. The SMILES string of the molecule is CCOc1ccc(N=Cc2c(O)[nH]c3cc(F)ccc23)cc1. The fraction of sp³-hybridized carbons (Fsp3) is 0.118. The standard InChI is InChI=1S/C17H15FN2O2/c1-2-22-13-6-4-12(5-7-13)19-10-15-14-8-3-11(18)9-16(14)20-17(15)21/h3-10,20-21H,2H2,1H3. The van der Waals surface area contributed by atoms with Crippen LogP contribution in [0, 0.1) is 5.82 Å². The van der Waals surface area contributed by atoms with Gasteiger partial charge in [-0.15, -0.1) is 0 Å². The van der Waals surface area contributed by atoms with Crippen LogP contribution in [0.4, 0.5) is 10.1 Å². The number of rotatable bonds is 4. The third-order valence-corrected chi connectivity index (χ3v) is 3.27. The molecule has 0 aliphatic rings. The first kappa shape index (κ1) is 14.1. The summed E-state index contributed by atoms with van der Waals surface area (Å²) >= 11 is 0. The van der Waals surface area contributed by atoms with Crippen molar-refractivity contribution in [2.75, 3.05) is 6.61 Å². The van der Waals surface area contributed by atoms with Gasteiger partial charge in [0.25, 0.3) is 0 Å². The predicted molar refractivity (Wildman–Crippen MR) is 84.8 cm³/mol. The molecule has 1 heterocycles. The van der Waals surface area contributed by atoms with E-state index >= 15 is 0 Å². The zero-order chi connectivity index (χ0) is 15.5. The number of aromatic amines is 1. The number of halogens is 1. The summed E-state index contributed by atoms with van der Waals surface area (Å²) in [5, 5.41) is 10.6. The highest BCUT2D eigenvalue weighted by atomic mass is 19.1. The van der Waals surface area contributed by atoms with Crippen LogP contribution >= 0.6 is 0 Å². The van der Waals surface area contributed by atoms with Gasteiger partial charge in [-0.3, -0.25) is 4.99 Å². The topological polar surface area (TPSA) is 57.6 Å². The lowest BCUT2D eigenvalue weighted by Gasteiger charge is -2.01. The number of aromatic nitrogens is 1. The summed E-state index contributed by atoms with van der Waals surface area (Å²) in [6.45, 7) is 2.54. The first-order chi connectivity index (χ1) is 10.7. The second-order valence-electron chi connectivity index (χ2n) is 4.76. The minimum absolute atomic E-state index is 0.0321. The monoisotopic (exact) mass is 298 g/mol. The molecule has 0 saturated carbocycles. The lowest BCUT2D eigenvalue weighted by molar-refractivity contribution is 0.340. The second-order valence-corrected chi connectivity index (χ2v) is 4.76. The van der Waals surface area contributed by atoms with Crippen LogP contribution in [0.1, 0.15) is 12.5 Å². The Bertz CT molecular complexity index is 823. The maximum atomic E-state index is 13.2. The van der Waals surface area contributed by atoms with E-state index in [1.165, 1.54) is 12.1 Å². The highest BCUT2D eigenvalue weighted by Gasteiger charge is 2.09. The summed E-state index contributed by atoms with van der Waals surface area (Å²) in [6.07, 6.45) is 1.56. The molecule has 4 nitrogen and oxygen atoms in total. The molecule has 2 aromatic carbocycles. The summed E-state index contributed by atoms with van der Waals surface area (Å²) in [5.74, 6) is 0.394. The van der Waals surface area contributed by atoms with Crippen molar-refractivity contribution in [2.45, 2.75) is 6.92 Å². The molecule has 5 heteroatoms. The van der Waals surface area contributed by atoms with Crippen LogP contribution in [0.25, 0.3) is 10.9 Å². The van der Waals surface area contributed by atoms with Crippen LogP contribution in [-0.4, -0.2) is 22.9 Å². The van der Waals surface area contributed by atoms with Gasteiger partial charge in [-0.05, 0) is 49.4 Å². The van der Waals surface area contributed by atoms with Gasteiger partial charge in [0.2, 0.25) is 0 Å². The molecule has 0 aliphatic carbocycles. The zero-order valence-electron chi connectivity index (χ0n) is 12.0. The lowest BCUT2D eigenvalue weighted by atomic mass is 10.2. The summed E-state index contributed by atoms with van der Waals surface area (Å²) in [6, 6.07) is 11.6. The molecule has 3 aromatic rings. The van der Waals surface area contributed by atoms with E-state index in [9.17, 15) is 9.50 Å². The molecule has 0 spiro atoms. The van der Waals surface area contributed by atoms with Gasteiger partial charge in [-0.1, -0.05) is 0 Å². The molecule has 0 atom stereocenters. The number of aromatic hydroxyl groups is 1. The number of H-pyrrole nitrogens is 1. The highest BCUT2D eigenvalue weighted by Crippen LogP contribution is 2.27. The van der Waals surface area contributed by atoms with Crippen molar-refractivity contribution in [1.82, 2.24) is 4.98 Å². The molecular formula is C17H15FN2O2. The Morgan fingerprint density at radius 2 is 2.00 bits per heavy atom. The van der Waals surface area contributed by atoms with Crippen molar-refractivity contribution in [3.63, 3.8) is 0 Å². The van der Waals surface area contributed by atoms with Crippen molar-refractivity contribution >= 4 is 22.8 Å². The smallest absolute Gasteiger partial charge is 0.198 e. The molecule has 0 amide bonds. The molecule has 1 aromatic heterocycles. The van der Waals surface area contributed by atoms with Crippen LogP contribution in [-0.2, 0) is 0 Å². The average Bonchev–Trinajstić information content (AvgIpc) is 2.81. The number of nitrogens with zero attached hydrogens (tertiary/aromatic N) is 1. The average molecular weight is 298 g/mol. The summed E-state index contributed by atoms with van der Waals surface area (Å²) in [5.41, 5.74) is 1.80. The van der Waals surface area contributed by atoms with E-state index in [-0.39, 0.29) is 11.7 Å². The van der Waals surface area contributed by atoms with E-state index in [2.05, 4.69) is 9.98 Å². The minimum Gasteiger partial charge on any atom is -0.494 e. The largest absolute Gasteiger partial charge is 0.494 e. The molecular weight excluding hydrogens is 283 g/mol. The van der Waals surface area contributed by atoms with Crippen molar-refractivity contribution in [3.8, 4) is 11.6 Å². The molecule has 0 radical (unpaired) electrons. The molecule has 0 unspecified atom stereocenters. The number of benzene rings is 2. The molecule has 0 bridgehead atoms. The van der Waals surface area contributed by atoms with Crippen molar-refractivity contribution in [3.05, 3.63) is 53.8 Å². The van der Waals surface area contributed by atoms with Crippen LogP contribution < -0.4 is 4.74 Å². The van der Waals surface area contributed by atoms with Gasteiger partial charge in [-0.2, -0.15) is 0 Å². The molecule has 22 heavy (non-hydrogen) atoms. The Hall–Kier alpha value is -2.82. The maximum absolute atomic E-state index is 13.2. The number of hydrogen-bond donors (Lipinski definition) is 2. The number of nitrogens with one attached hydrogen (secondary N) is 1. The normalized spacial score (nSPS) is 11.4. The number of hydrogen-bond acceptors (Lipinski definition) is 3. The number of ether oxygens (including phenoxy) is 1. The maximum Gasteiger partial charge on any atom is 0.198 e. The van der Waals surface area contributed by atoms with E-state index in [1.807, 2.05) is 31.2 Å². The van der Waals surface area contributed by atoms with Gasteiger partial charge in [0.15, 0.2) is 5.88 Å². The highest BCUT2D eigenvalue weighted by molar-refractivity contribution is 6.02. The van der Waals surface area contributed by atoms with Crippen LogP contribution in [0.15, 0.2) is 47.5 Å².